The number of esters is 1. The number of nitrogens with zero attached hydrogens (tertiary/aromatic N) is 3. The van der Waals surface area contributed by atoms with Gasteiger partial charge in [-0.3, -0.25) is 4.79 Å². The Labute approximate surface area is 142 Å². The average Bonchev–Trinajstić information content (AvgIpc) is 3.47. The lowest BCUT2D eigenvalue weighted by atomic mass is 9.89. The molecule has 0 unspecified atom stereocenters. The summed E-state index contributed by atoms with van der Waals surface area (Å²) in [6, 6.07) is -0.551. The predicted octanol–water partition coefficient (Wildman–Crippen LogP) is 1.96. The van der Waals surface area contributed by atoms with Crippen LogP contribution in [0, 0.1) is 17.8 Å². The summed E-state index contributed by atoms with van der Waals surface area (Å²) in [6.45, 7) is 5.98. The second kappa shape index (κ2) is 6.91. The number of hydrogen-bond donors (Lipinski definition) is 1. The van der Waals surface area contributed by atoms with Gasteiger partial charge in [0.25, 0.3) is 5.91 Å². The number of aromatic nitrogens is 3. The van der Waals surface area contributed by atoms with Gasteiger partial charge in [-0.15, -0.1) is 5.10 Å². The van der Waals surface area contributed by atoms with Gasteiger partial charge in [0.2, 0.25) is 0 Å². The third kappa shape index (κ3) is 3.60. The second-order valence-corrected chi connectivity index (χ2v) is 7.11. The van der Waals surface area contributed by atoms with Gasteiger partial charge in [-0.05, 0) is 64.2 Å². The van der Waals surface area contributed by atoms with Gasteiger partial charge in [-0.25, -0.2) is 9.48 Å². The van der Waals surface area contributed by atoms with Crippen molar-refractivity contribution in [1.29, 1.82) is 0 Å². The first-order chi connectivity index (χ1) is 11.5. The normalized spacial score (nSPS) is 18.7. The van der Waals surface area contributed by atoms with E-state index in [1.54, 1.807) is 11.6 Å². The number of hydrogen-bond acceptors (Lipinski definition) is 5. The van der Waals surface area contributed by atoms with Crippen LogP contribution >= 0.6 is 0 Å². The van der Waals surface area contributed by atoms with Crippen molar-refractivity contribution in [2.24, 2.45) is 17.8 Å². The summed E-state index contributed by atoms with van der Waals surface area (Å²) in [4.78, 5) is 25.2. The van der Waals surface area contributed by atoms with Crippen LogP contribution in [0.5, 0.6) is 0 Å². The van der Waals surface area contributed by atoms with Crippen molar-refractivity contribution in [2.45, 2.75) is 58.5 Å². The van der Waals surface area contributed by atoms with Crippen molar-refractivity contribution in [1.82, 2.24) is 20.3 Å². The van der Waals surface area contributed by atoms with Gasteiger partial charge in [0.15, 0.2) is 0 Å². The number of rotatable bonds is 8. The topological polar surface area (TPSA) is 86.1 Å². The van der Waals surface area contributed by atoms with Crippen LogP contribution < -0.4 is 5.32 Å². The molecule has 1 heterocycles. The van der Waals surface area contributed by atoms with Crippen molar-refractivity contribution in [3.8, 4) is 0 Å². The molecule has 0 saturated heterocycles. The van der Waals surface area contributed by atoms with E-state index in [2.05, 4.69) is 15.6 Å². The van der Waals surface area contributed by atoms with Crippen molar-refractivity contribution in [2.75, 3.05) is 6.61 Å². The minimum atomic E-state index is -0.576. The molecule has 3 rings (SSSR count). The highest BCUT2D eigenvalue weighted by molar-refractivity contribution is 5.95. The van der Waals surface area contributed by atoms with E-state index < -0.39 is 6.04 Å². The van der Waals surface area contributed by atoms with Gasteiger partial charge in [0, 0.05) is 6.04 Å². The van der Waals surface area contributed by atoms with E-state index in [4.69, 9.17) is 4.74 Å². The molecule has 1 aromatic rings. The van der Waals surface area contributed by atoms with E-state index in [9.17, 15) is 9.59 Å². The lowest BCUT2D eigenvalue weighted by Crippen LogP contribution is -2.48. The SMILES string of the molecule is CCOC(=O)[C@@H](NC(=O)c1cnnn1C(C)C)C(C1CC1)C1CC1. The molecular formula is C17H26N4O3. The summed E-state index contributed by atoms with van der Waals surface area (Å²) < 4.78 is 6.82. The first-order valence-electron chi connectivity index (χ1n) is 8.90. The fourth-order valence-electron chi connectivity index (χ4n) is 3.44. The third-order valence-corrected chi connectivity index (χ3v) is 4.84. The van der Waals surface area contributed by atoms with Crippen molar-refractivity contribution >= 4 is 11.9 Å². The monoisotopic (exact) mass is 334 g/mol. The standard InChI is InChI=1S/C17H26N4O3/c1-4-24-17(23)15(14(11-5-6-11)12-7-8-12)19-16(22)13-9-18-20-21(13)10(2)3/h9-12,14-15H,4-8H2,1-3H3,(H,19,22)/t15-/m0/s1. The van der Waals surface area contributed by atoms with Gasteiger partial charge in [0.05, 0.1) is 12.8 Å². The summed E-state index contributed by atoms with van der Waals surface area (Å²) in [5.74, 6) is 0.619. The Morgan fingerprint density at radius 3 is 2.42 bits per heavy atom. The quantitative estimate of drug-likeness (QED) is 0.734. The predicted molar refractivity (Wildman–Crippen MR) is 87.2 cm³/mol. The zero-order valence-corrected chi connectivity index (χ0v) is 14.6. The maximum atomic E-state index is 12.7. The van der Waals surface area contributed by atoms with Gasteiger partial charge in [-0.1, -0.05) is 5.21 Å². The maximum absolute atomic E-state index is 12.7. The molecule has 2 aliphatic carbocycles. The van der Waals surface area contributed by atoms with Gasteiger partial charge in [-0.2, -0.15) is 0 Å². The lowest BCUT2D eigenvalue weighted by Gasteiger charge is -2.26. The highest BCUT2D eigenvalue weighted by Gasteiger charge is 2.49. The van der Waals surface area contributed by atoms with Crippen molar-refractivity contribution in [3.63, 3.8) is 0 Å². The number of carbonyl (C=O) groups excluding carboxylic acids is 2. The van der Waals surface area contributed by atoms with Crippen LogP contribution in [-0.2, 0) is 9.53 Å². The molecule has 2 fully saturated rings. The van der Waals surface area contributed by atoms with Crippen molar-refractivity contribution in [3.05, 3.63) is 11.9 Å². The molecule has 0 aromatic carbocycles. The van der Waals surface area contributed by atoms with Crippen LogP contribution in [0.4, 0.5) is 0 Å². The molecule has 1 amide bonds. The van der Waals surface area contributed by atoms with Gasteiger partial charge >= 0.3 is 5.97 Å². The number of ether oxygens (including phenoxy) is 1. The summed E-state index contributed by atoms with van der Waals surface area (Å²) in [7, 11) is 0. The Bertz CT molecular complexity index is 593. The first-order valence-corrected chi connectivity index (χ1v) is 8.90. The maximum Gasteiger partial charge on any atom is 0.328 e. The molecule has 1 N–H and O–H groups in total. The van der Waals surface area contributed by atoms with Gasteiger partial charge in [0.1, 0.15) is 11.7 Å². The van der Waals surface area contributed by atoms with Gasteiger partial charge < -0.3 is 10.1 Å². The Morgan fingerprint density at radius 1 is 1.29 bits per heavy atom. The zero-order chi connectivity index (χ0) is 17.3. The minimum Gasteiger partial charge on any atom is -0.464 e. The number of carbonyl (C=O) groups is 2. The van der Waals surface area contributed by atoms with Crippen LogP contribution in [-0.4, -0.2) is 39.5 Å². The molecule has 2 saturated carbocycles. The third-order valence-electron chi connectivity index (χ3n) is 4.84. The largest absolute Gasteiger partial charge is 0.464 e. The molecule has 0 aliphatic heterocycles. The van der Waals surface area contributed by atoms with Crippen LogP contribution in [0.2, 0.25) is 0 Å². The van der Waals surface area contributed by atoms with Crippen LogP contribution in [0.3, 0.4) is 0 Å². The Kier molecular flexibility index (Phi) is 4.87. The Balaban J connectivity index is 1.79. The number of nitrogens with one attached hydrogen (secondary N) is 1. The Morgan fingerprint density at radius 2 is 1.92 bits per heavy atom. The second-order valence-electron chi connectivity index (χ2n) is 7.11. The van der Waals surface area contributed by atoms with E-state index in [0.29, 0.717) is 24.1 Å². The van der Waals surface area contributed by atoms with E-state index in [1.807, 2.05) is 13.8 Å². The van der Waals surface area contributed by atoms with Crippen LogP contribution in [0.1, 0.15) is 63.0 Å². The van der Waals surface area contributed by atoms with Crippen LogP contribution in [0.25, 0.3) is 0 Å². The smallest absolute Gasteiger partial charge is 0.328 e. The molecule has 0 radical (unpaired) electrons. The van der Waals surface area contributed by atoms with Crippen molar-refractivity contribution < 1.29 is 14.3 Å². The highest BCUT2D eigenvalue weighted by atomic mass is 16.5. The molecule has 2 aliphatic rings. The molecule has 1 aromatic heterocycles. The first kappa shape index (κ1) is 16.9. The molecule has 24 heavy (non-hydrogen) atoms. The highest BCUT2D eigenvalue weighted by Crippen LogP contribution is 2.50. The fraction of sp³-hybridized carbons (Fsp3) is 0.765. The van der Waals surface area contributed by atoms with Crippen LogP contribution in [0.15, 0.2) is 6.20 Å². The molecule has 7 heteroatoms. The summed E-state index contributed by atoms with van der Waals surface area (Å²) in [6.07, 6.45) is 5.99. The average molecular weight is 334 g/mol. The summed E-state index contributed by atoms with van der Waals surface area (Å²) >= 11 is 0. The van der Waals surface area contributed by atoms with E-state index in [1.165, 1.54) is 6.20 Å². The zero-order valence-electron chi connectivity index (χ0n) is 14.6. The molecule has 0 bridgehead atoms. The molecular weight excluding hydrogens is 308 g/mol. The minimum absolute atomic E-state index is 0.0250. The fourth-order valence-corrected chi connectivity index (χ4v) is 3.44. The molecule has 1 atom stereocenters. The summed E-state index contributed by atoms with van der Waals surface area (Å²) in [5.41, 5.74) is 0.379. The Hall–Kier alpha value is -1.92. The van der Waals surface area contributed by atoms with E-state index in [-0.39, 0.29) is 23.8 Å². The lowest BCUT2D eigenvalue weighted by molar-refractivity contribution is -0.147. The number of amides is 1. The van der Waals surface area contributed by atoms with E-state index in [0.717, 1.165) is 25.7 Å². The molecule has 7 nitrogen and oxygen atoms in total. The summed E-state index contributed by atoms with van der Waals surface area (Å²) in [5, 5.41) is 10.7. The van der Waals surface area contributed by atoms with E-state index >= 15 is 0 Å². The molecule has 0 spiro atoms. The molecule has 132 valence electrons.